The number of aromatic nitrogens is 1. The molecule has 0 aliphatic carbocycles. The third kappa shape index (κ3) is 1.44. The van der Waals surface area contributed by atoms with Crippen molar-refractivity contribution in [2.75, 3.05) is 5.73 Å². The van der Waals surface area contributed by atoms with Crippen molar-refractivity contribution >= 4 is 16.8 Å². The van der Waals surface area contributed by atoms with Gasteiger partial charge in [0, 0.05) is 5.69 Å². The first-order chi connectivity index (χ1) is 6.70. The Balaban J connectivity index is 2.51. The molecule has 14 heavy (non-hydrogen) atoms. The predicted octanol–water partition coefficient (Wildman–Crippen LogP) is 1.82. The fraction of sp³-hybridized carbons (Fsp3) is 0.300. The first kappa shape index (κ1) is 9.02. The molecule has 1 unspecified atom stereocenters. The van der Waals surface area contributed by atoms with E-state index >= 15 is 0 Å². The van der Waals surface area contributed by atoms with Crippen LogP contribution in [-0.2, 0) is 0 Å². The predicted molar refractivity (Wildman–Crippen MR) is 55.6 cm³/mol. The molecule has 1 aromatic carbocycles. The number of nitrogens with zero attached hydrogens (tertiary/aromatic N) is 1. The molecule has 0 saturated carbocycles. The summed E-state index contributed by atoms with van der Waals surface area (Å²) >= 11 is 0. The normalized spacial score (nSPS) is 13.3. The second-order valence-electron chi connectivity index (χ2n) is 3.29. The number of nitrogens with two attached hydrogens (primary N) is 2. The second-order valence-corrected chi connectivity index (χ2v) is 3.29. The molecule has 0 bridgehead atoms. The van der Waals surface area contributed by atoms with Gasteiger partial charge in [0.2, 0.25) is 5.89 Å². The molecule has 0 aliphatic rings. The average molecular weight is 191 g/mol. The van der Waals surface area contributed by atoms with E-state index in [1.165, 1.54) is 0 Å². The van der Waals surface area contributed by atoms with Gasteiger partial charge >= 0.3 is 0 Å². The first-order valence-electron chi connectivity index (χ1n) is 4.62. The molecular weight excluding hydrogens is 178 g/mol. The minimum absolute atomic E-state index is 0.136. The van der Waals surface area contributed by atoms with Crippen LogP contribution < -0.4 is 11.5 Å². The molecule has 0 saturated heterocycles. The van der Waals surface area contributed by atoms with Crippen molar-refractivity contribution in [3.05, 3.63) is 24.1 Å². The van der Waals surface area contributed by atoms with E-state index in [1.807, 2.05) is 13.0 Å². The summed E-state index contributed by atoms with van der Waals surface area (Å²) in [7, 11) is 0. The summed E-state index contributed by atoms with van der Waals surface area (Å²) in [5.74, 6) is 0.577. The van der Waals surface area contributed by atoms with E-state index in [4.69, 9.17) is 15.9 Å². The molecule has 4 N–H and O–H groups in total. The Bertz CT molecular complexity index is 450. The van der Waals surface area contributed by atoms with Crippen LogP contribution in [0.5, 0.6) is 0 Å². The Kier molecular flexibility index (Phi) is 2.13. The highest BCUT2D eigenvalue weighted by molar-refractivity contribution is 5.76. The molecule has 4 heteroatoms. The quantitative estimate of drug-likeness (QED) is 0.710. The maximum atomic E-state index is 5.81. The third-order valence-electron chi connectivity index (χ3n) is 2.19. The monoisotopic (exact) mass is 191 g/mol. The van der Waals surface area contributed by atoms with Crippen LogP contribution in [0.15, 0.2) is 22.6 Å². The minimum Gasteiger partial charge on any atom is -0.439 e. The number of oxazole rings is 1. The zero-order valence-electron chi connectivity index (χ0n) is 8.03. The lowest BCUT2D eigenvalue weighted by atomic mass is 10.2. The van der Waals surface area contributed by atoms with Crippen LogP contribution in [-0.4, -0.2) is 4.98 Å². The molecule has 4 nitrogen and oxygen atoms in total. The summed E-state index contributed by atoms with van der Waals surface area (Å²) in [5, 5.41) is 0. The van der Waals surface area contributed by atoms with Gasteiger partial charge in [-0.2, -0.15) is 0 Å². The molecule has 0 aliphatic heterocycles. The Morgan fingerprint density at radius 2 is 2.29 bits per heavy atom. The summed E-state index contributed by atoms with van der Waals surface area (Å²) in [6, 6.07) is 5.24. The molecule has 0 fully saturated rings. The van der Waals surface area contributed by atoms with E-state index in [2.05, 4.69) is 4.98 Å². The van der Waals surface area contributed by atoms with Crippen molar-refractivity contribution in [3.63, 3.8) is 0 Å². The number of nitrogen functional groups attached to an aromatic ring is 1. The van der Waals surface area contributed by atoms with E-state index in [-0.39, 0.29) is 6.04 Å². The maximum absolute atomic E-state index is 5.81. The van der Waals surface area contributed by atoms with Crippen molar-refractivity contribution < 1.29 is 4.42 Å². The van der Waals surface area contributed by atoms with Gasteiger partial charge in [0.15, 0.2) is 5.58 Å². The number of fused-ring (bicyclic) bond motifs is 1. The van der Waals surface area contributed by atoms with Crippen molar-refractivity contribution in [3.8, 4) is 0 Å². The molecule has 0 spiro atoms. The lowest BCUT2D eigenvalue weighted by molar-refractivity contribution is 0.469. The second kappa shape index (κ2) is 3.31. The zero-order valence-corrected chi connectivity index (χ0v) is 8.03. The van der Waals surface area contributed by atoms with Crippen LogP contribution in [0.3, 0.4) is 0 Å². The fourth-order valence-electron chi connectivity index (χ4n) is 1.30. The molecule has 74 valence electrons. The SMILES string of the molecule is CCC(N)c1nc2cc(N)ccc2o1. The summed E-state index contributed by atoms with van der Waals surface area (Å²) in [4.78, 5) is 4.27. The van der Waals surface area contributed by atoms with E-state index < -0.39 is 0 Å². The van der Waals surface area contributed by atoms with Gasteiger partial charge < -0.3 is 15.9 Å². The molecule has 1 aromatic heterocycles. The van der Waals surface area contributed by atoms with E-state index in [0.717, 1.165) is 17.5 Å². The van der Waals surface area contributed by atoms with Gasteiger partial charge in [-0.15, -0.1) is 0 Å². The van der Waals surface area contributed by atoms with Crippen molar-refractivity contribution in [2.45, 2.75) is 19.4 Å². The van der Waals surface area contributed by atoms with Gasteiger partial charge in [0.1, 0.15) is 5.52 Å². The van der Waals surface area contributed by atoms with Gasteiger partial charge in [-0.05, 0) is 24.6 Å². The van der Waals surface area contributed by atoms with Crippen LogP contribution in [0.2, 0.25) is 0 Å². The topological polar surface area (TPSA) is 78.1 Å². The molecule has 2 aromatic rings. The Labute approximate surface area is 81.9 Å². The summed E-state index contributed by atoms with van der Waals surface area (Å²) in [6.45, 7) is 1.99. The Hall–Kier alpha value is -1.55. The molecule has 1 heterocycles. The largest absolute Gasteiger partial charge is 0.439 e. The zero-order chi connectivity index (χ0) is 10.1. The number of hydrogen-bond donors (Lipinski definition) is 2. The standard InChI is InChI=1S/C10H13N3O/c1-2-7(12)10-13-8-5-6(11)3-4-9(8)14-10/h3-5,7H,2,11-12H2,1H3. The highest BCUT2D eigenvalue weighted by atomic mass is 16.3. The van der Waals surface area contributed by atoms with Crippen LogP contribution in [0, 0.1) is 0 Å². The van der Waals surface area contributed by atoms with Gasteiger partial charge in [0.25, 0.3) is 0 Å². The van der Waals surface area contributed by atoms with E-state index in [9.17, 15) is 0 Å². The number of anilines is 1. The lowest BCUT2D eigenvalue weighted by Crippen LogP contribution is -2.08. The van der Waals surface area contributed by atoms with Crippen LogP contribution >= 0.6 is 0 Å². The molecule has 0 amide bonds. The maximum Gasteiger partial charge on any atom is 0.212 e. The number of hydrogen-bond acceptors (Lipinski definition) is 4. The summed E-state index contributed by atoms with van der Waals surface area (Å²) < 4.78 is 5.48. The highest BCUT2D eigenvalue weighted by Gasteiger charge is 2.11. The first-order valence-corrected chi connectivity index (χ1v) is 4.62. The van der Waals surface area contributed by atoms with Crippen LogP contribution in [0.25, 0.3) is 11.1 Å². The summed E-state index contributed by atoms with van der Waals surface area (Å²) in [6.07, 6.45) is 0.808. The van der Waals surface area contributed by atoms with Gasteiger partial charge in [-0.3, -0.25) is 0 Å². The lowest BCUT2D eigenvalue weighted by Gasteiger charge is -2.00. The van der Waals surface area contributed by atoms with Gasteiger partial charge in [-0.25, -0.2) is 4.98 Å². The highest BCUT2D eigenvalue weighted by Crippen LogP contribution is 2.22. The van der Waals surface area contributed by atoms with Gasteiger partial charge in [0.05, 0.1) is 6.04 Å². The van der Waals surface area contributed by atoms with E-state index in [0.29, 0.717) is 11.6 Å². The minimum atomic E-state index is -0.136. The van der Waals surface area contributed by atoms with E-state index in [1.54, 1.807) is 12.1 Å². The van der Waals surface area contributed by atoms with Crippen molar-refractivity contribution in [2.24, 2.45) is 5.73 Å². The van der Waals surface area contributed by atoms with Crippen molar-refractivity contribution in [1.29, 1.82) is 0 Å². The third-order valence-corrected chi connectivity index (χ3v) is 2.19. The molecule has 1 atom stereocenters. The number of rotatable bonds is 2. The van der Waals surface area contributed by atoms with Crippen LogP contribution in [0.4, 0.5) is 5.69 Å². The number of benzene rings is 1. The summed E-state index contributed by atoms with van der Waals surface area (Å²) in [5.41, 5.74) is 13.6. The van der Waals surface area contributed by atoms with Crippen molar-refractivity contribution in [1.82, 2.24) is 4.98 Å². The smallest absolute Gasteiger partial charge is 0.212 e. The Morgan fingerprint density at radius 3 is 3.00 bits per heavy atom. The fourth-order valence-corrected chi connectivity index (χ4v) is 1.30. The van der Waals surface area contributed by atoms with Gasteiger partial charge in [-0.1, -0.05) is 6.92 Å². The molecule has 2 rings (SSSR count). The molecule has 0 radical (unpaired) electrons. The molecular formula is C10H13N3O. The Morgan fingerprint density at radius 1 is 1.50 bits per heavy atom. The van der Waals surface area contributed by atoms with Crippen LogP contribution in [0.1, 0.15) is 25.3 Å². The average Bonchev–Trinajstić information content (AvgIpc) is 2.59.